The van der Waals surface area contributed by atoms with Gasteiger partial charge in [0.25, 0.3) is 11.8 Å². The lowest BCUT2D eigenvalue weighted by molar-refractivity contribution is -0.139. The lowest BCUT2D eigenvalue weighted by atomic mass is 10.0. The predicted octanol–water partition coefficient (Wildman–Crippen LogP) is 4.41. The number of carboxylic acids is 1. The normalized spacial score (nSPS) is 10.2. The van der Waals surface area contributed by atoms with Crippen LogP contribution in [0.15, 0.2) is 67.8 Å². The summed E-state index contributed by atoms with van der Waals surface area (Å²) in [6, 6.07) is 10.9. The Morgan fingerprint density at radius 1 is 0.739 bits per heavy atom. The molecule has 8 N–H and O–H groups in total. The van der Waals surface area contributed by atoms with Crippen LogP contribution in [-0.4, -0.2) is 58.0 Å². The maximum Gasteiger partial charge on any atom is 0.341 e. The van der Waals surface area contributed by atoms with E-state index in [-0.39, 0.29) is 40.4 Å². The minimum atomic E-state index is -1.04. The van der Waals surface area contributed by atoms with Gasteiger partial charge in [-0.3, -0.25) is 9.59 Å². The van der Waals surface area contributed by atoms with Gasteiger partial charge in [-0.1, -0.05) is 31.6 Å². The van der Waals surface area contributed by atoms with Crippen molar-refractivity contribution in [2.75, 3.05) is 19.8 Å². The van der Waals surface area contributed by atoms with Crippen molar-refractivity contribution < 1.29 is 49.0 Å². The molecule has 3 aromatic carbocycles. The van der Waals surface area contributed by atoms with Crippen LogP contribution in [0.25, 0.3) is 0 Å². The Balaban J connectivity index is 0.000000438. The van der Waals surface area contributed by atoms with Gasteiger partial charge >= 0.3 is 5.97 Å². The van der Waals surface area contributed by atoms with E-state index in [4.69, 9.17) is 30.8 Å². The number of rotatable bonds is 17. The number of hydrogen-bond acceptors (Lipinski definition) is 9. The van der Waals surface area contributed by atoms with Crippen LogP contribution in [0.1, 0.15) is 57.2 Å². The van der Waals surface area contributed by atoms with Gasteiger partial charge in [0.1, 0.15) is 34.5 Å². The summed E-state index contributed by atoms with van der Waals surface area (Å²) in [7, 11) is 0. The average Bonchev–Trinajstić information content (AvgIpc) is 3.00. The van der Waals surface area contributed by atoms with Crippen LogP contribution in [-0.2, 0) is 24.1 Å². The lowest BCUT2D eigenvalue weighted by Gasteiger charge is -2.16. The molecule has 0 saturated heterocycles. The first-order chi connectivity index (χ1) is 22.0. The Morgan fingerprint density at radius 2 is 1.24 bits per heavy atom. The van der Waals surface area contributed by atoms with Crippen molar-refractivity contribution >= 4 is 17.8 Å². The van der Waals surface area contributed by atoms with Crippen molar-refractivity contribution in [3.63, 3.8) is 0 Å². The Labute approximate surface area is 267 Å². The minimum absolute atomic E-state index is 0.000324. The molecule has 12 heteroatoms. The predicted molar refractivity (Wildman–Crippen MR) is 172 cm³/mol. The monoisotopic (exact) mass is 636 g/mol. The van der Waals surface area contributed by atoms with E-state index in [2.05, 4.69) is 13.2 Å². The molecule has 246 valence electrons. The number of carbonyl (C=O) groups is 3. The summed E-state index contributed by atoms with van der Waals surface area (Å²) >= 11 is 0. The second kappa shape index (κ2) is 18.2. The zero-order valence-electron chi connectivity index (χ0n) is 25.7. The van der Waals surface area contributed by atoms with Crippen molar-refractivity contribution in [3.05, 3.63) is 95.6 Å². The van der Waals surface area contributed by atoms with Gasteiger partial charge in [-0.2, -0.15) is 0 Å². The van der Waals surface area contributed by atoms with Gasteiger partial charge in [0.2, 0.25) is 0 Å². The van der Waals surface area contributed by atoms with Gasteiger partial charge in [-0.05, 0) is 55.7 Å². The SMILES string of the molecule is C=CCc1c(O)ccc(C(N)=O)c1O.C=CCc1c(OCCCOc2cccc(OCC(=O)O)c2CCC)ccc(C(N)=O)c1O. The average molecular weight is 637 g/mol. The number of allylic oxidation sites excluding steroid dienone is 2. The third-order valence-electron chi connectivity index (χ3n) is 6.47. The van der Waals surface area contributed by atoms with Gasteiger partial charge in [0, 0.05) is 23.1 Å². The second-order valence-corrected chi connectivity index (χ2v) is 9.83. The fraction of sp³-hybridized carbons (Fsp3) is 0.265. The number of carboxylic acid groups (broad SMARTS) is 1. The molecule has 0 aromatic heterocycles. The molecule has 0 aliphatic carbocycles. The number of amides is 2. The van der Waals surface area contributed by atoms with Crippen molar-refractivity contribution in [2.24, 2.45) is 11.5 Å². The summed E-state index contributed by atoms with van der Waals surface area (Å²) in [6.45, 7) is 9.42. The summed E-state index contributed by atoms with van der Waals surface area (Å²) in [6.07, 6.45) is 5.81. The van der Waals surface area contributed by atoms with Crippen molar-refractivity contribution in [3.8, 4) is 34.5 Å². The highest BCUT2D eigenvalue weighted by Crippen LogP contribution is 2.33. The van der Waals surface area contributed by atoms with Crippen LogP contribution in [0.3, 0.4) is 0 Å². The number of ether oxygens (including phenoxy) is 3. The number of aliphatic carboxylic acids is 1. The number of benzene rings is 3. The van der Waals surface area contributed by atoms with E-state index < -0.39 is 24.4 Å². The van der Waals surface area contributed by atoms with Crippen molar-refractivity contribution in [1.82, 2.24) is 0 Å². The van der Waals surface area contributed by atoms with E-state index in [9.17, 15) is 29.7 Å². The molecule has 46 heavy (non-hydrogen) atoms. The Kier molecular flexibility index (Phi) is 14.5. The molecule has 0 atom stereocenters. The molecular formula is C34H40N2O10. The summed E-state index contributed by atoms with van der Waals surface area (Å²) in [5, 5.41) is 38.1. The van der Waals surface area contributed by atoms with Crippen LogP contribution in [0.5, 0.6) is 34.5 Å². The first-order valence-corrected chi connectivity index (χ1v) is 14.4. The molecule has 0 unspecified atom stereocenters. The molecule has 0 radical (unpaired) electrons. The first kappa shape index (κ1) is 36.5. The molecule has 0 spiro atoms. The molecule has 0 heterocycles. The molecule has 0 bridgehead atoms. The largest absolute Gasteiger partial charge is 0.508 e. The Hall–Kier alpha value is -5.65. The van der Waals surface area contributed by atoms with Crippen molar-refractivity contribution in [2.45, 2.75) is 39.0 Å². The quantitative estimate of drug-likeness (QED) is 0.0907. The maximum atomic E-state index is 11.4. The van der Waals surface area contributed by atoms with E-state index in [0.717, 1.165) is 12.0 Å². The van der Waals surface area contributed by atoms with E-state index in [1.807, 2.05) is 13.0 Å². The fourth-order valence-corrected chi connectivity index (χ4v) is 4.34. The van der Waals surface area contributed by atoms with Gasteiger partial charge in [-0.15, -0.1) is 13.2 Å². The van der Waals surface area contributed by atoms with Crippen LogP contribution in [0.2, 0.25) is 0 Å². The van der Waals surface area contributed by atoms with Gasteiger partial charge in [-0.25, -0.2) is 4.79 Å². The number of carbonyl (C=O) groups excluding carboxylic acids is 2. The van der Waals surface area contributed by atoms with E-state index in [0.29, 0.717) is 55.3 Å². The van der Waals surface area contributed by atoms with Crippen molar-refractivity contribution in [1.29, 1.82) is 0 Å². The van der Waals surface area contributed by atoms with Crippen LogP contribution >= 0.6 is 0 Å². The van der Waals surface area contributed by atoms with Gasteiger partial charge < -0.3 is 46.1 Å². The zero-order valence-corrected chi connectivity index (χ0v) is 25.7. The minimum Gasteiger partial charge on any atom is -0.508 e. The molecule has 3 aromatic rings. The molecule has 2 amide bonds. The third kappa shape index (κ3) is 10.2. The Morgan fingerprint density at radius 3 is 1.76 bits per heavy atom. The summed E-state index contributed by atoms with van der Waals surface area (Å²) in [5.41, 5.74) is 11.9. The maximum absolute atomic E-state index is 11.4. The van der Waals surface area contributed by atoms with Gasteiger partial charge in [0.15, 0.2) is 6.61 Å². The van der Waals surface area contributed by atoms with Crippen LogP contribution in [0.4, 0.5) is 0 Å². The van der Waals surface area contributed by atoms with E-state index in [1.165, 1.54) is 24.3 Å². The standard InChI is InChI=1S/C24H29NO7.C10H11NO3/c1-3-7-16-19(9-5-10-20(16)32-15-22(26)27)30-13-6-14-31-21-12-11-18(24(25)29)23(28)17(21)8-4-2;1-2-3-6-8(12)5-4-7(9(6)13)10(11)14/h4-5,9-12,28H,2-3,6-8,13-15H2,1H3,(H2,25,29)(H,26,27);2,4-5,12-13H,1,3H2,(H2,11,14). The number of hydrogen-bond donors (Lipinski definition) is 6. The van der Waals surface area contributed by atoms with Gasteiger partial charge in [0.05, 0.1) is 24.3 Å². The highest BCUT2D eigenvalue weighted by atomic mass is 16.5. The second-order valence-electron chi connectivity index (χ2n) is 9.83. The molecule has 0 fully saturated rings. The number of nitrogens with two attached hydrogens (primary N) is 2. The van der Waals surface area contributed by atoms with Crippen LogP contribution < -0.4 is 25.7 Å². The number of primary amides is 2. The highest BCUT2D eigenvalue weighted by Gasteiger charge is 2.17. The number of phenols is 3. The van der Waals surface area contributed by atoms with E-state index >= 15 is 0 Å². The molecule has 12 nitrogen and oxygen atoms in total. The topological polar surface area (TPSA) is 212 Å². The highest BCUT2D eigenvalue weighted by molar-refractivity contribution is 5.97. The lowest BCUT2D eigenvalue weighted by Crippen LogP contribution is -2.13. The fourth-order valence-electron chi connectivity index (χ4n) is 4.34. The summed E-state index contributed by atoms with van der Waals surface area (Å²) < 4.78 is 17.1. The third-order valence-corrected chi connectivity index (χ3v) is 6.47. The molecular weight excluding hydrogens is 596 g/mol. The summed E-state index contributed by atoms with van der Waals surface area (Å²) in [5.74, 6) is -1.45. The Bertz CT molecular complexity index is 1550. The molecule has 0 saturated carbocycles. The molecule has 3 rings (SSSR count). The number of phenolic OH excluding ortho intramolecular Hbond substituents is 1. The molecule has 0 aliphatic rings. The zero-order chi connectivity index (χ0) is 34.2. The van der Waals surface area contributed by atoms with E-state index in [1.54, 1.807) is 24.3 Å². The van der Waals surface area contributed by atoms with Crippen LogP contribution in [0, 0.1) is 0 Å². The smallest absolute Gasteiger partial charge is 0.341 e. The summed E-state index contributed by atoms with van der Waals surface area (Å²) in [4.78, 5) is 33.1. The first-order valence-electron chi connectivity index (χ1n) is 14.4. The molecule has 0 aliphatic heterocycles. The number of aromatic hydroxyl groups is 3.